The summed E-state index contributed by atoms with van der Waals surface area (Å²) < 4.78 is 6.39. The van der Waals surface area contributed by atoms with Crippen molar-refractivity contribution < 1.29 is 28.7 Å². The first-order chi connectivity index (χ1) is 26.1. The third-order valence-electron chi connectivity index (χ3n) is 7.37. The predicted molar refractivity (Wildman–Crippen MR) is 215 cm³/mol. The monoisotopic (exact) mass is 769 g/mol. The highest BCUT2D eigenvalue weighted by atomic mass is 32.1. The van der Waals surface area contributed by atoms with E-state index >= 15 is 0 Å². The van der Waals surface area contributed by atoms with E-state index in [1.54, 1.807) is 27.5 Å². The minimum Gasteiger partial charge on any atom is -0.453 e. The number of benzene rings is 1. The highest BCUT2D eigenvalue weighted by Crippen LogP contribution is 2.27. The van der Waals surface area contributed by atoms with Gasteiger partial charge in [0.05, 0.1) is 37.6 Å². The minimum absolute atomic E-state index is 0.0303. The van der Waals surface area contributed by atoms with E-state index in [0.29, 0.717) is 0 Å². The molecule has 0 radical (unpaired) electrons. The maximum Gasteiger partial charge on any atom is 0.407 e. The fourth-order valence-corrected chi connectivity index (χ4v) is 5.68. The average Bonchev–Trinajstić information content (AvgIpc) is 4.03. The summed E-state index contributed by atoms with van der Waals surface area (Å²) in [5.41, 5.74) is 4.24. The van der Waals surface area contributed by atoms with Crippen molar-refractivity contribution in [2.24, 2.45) is 0 Å². The lowest BCUT2D eigenvalue weighted by atomic mass is 10.1. The highest BCUT2D eigenvalue weighted by molar-refractivity contribution is 7.20. The lowest BCUT2D eigenvalue weighted by molar-refractivity contribution is -0.131. The Morgan fingerprint density at radius 3 is 1.76 bits per heavy atom. The van der Waals surface area contributed by atoms with Gasteiger partial charge in [-0.2, -0.15) is 0 Å². The molecular formula is C38H59N9O6S. The number of rotatable bonds is 7. The molecule has 2 saturated heterocycles. The molecule has 5 heterocycles. The molecule has 0 unspecified atom stereocenters. The Kier molecular flexibility index (Phi) is 23.7. The number of aromatic nitrogens is 4. The number of H-pyrrole nitrogens is 1. The third kappa shape index (κ3) is 17.1. The van der Waals surface area contributed by atoms with Crippen LogP contribution in [0.3, 0.4) is 0 Å². The van der Waals surface area contributed by atoms with Gasteiger partial charge in [-0.3, -0.25) is 18.8 Å². The minimum atomic E-state index is -0.562. The molecule has 2 fully saturated rings. The van der Waals surface area contributed by atoms with Gasteiger partial charge in [-0.15, -0.1) is 0 Å². The van der Waals surface area contributed by atoms with Crippen LogP contribution in [0.4, 0.5) is 9.80 Å². The number of hydrogen-bond donors (Lipinski definition) is 4. The molecule has 2 aliphatic heterocycles. The second-order valence-corrected chi connectivity index (χ2v) is 13.1. The van der Waals surface area contributed by atoms with Crippen molar-refractivity contribution in [3.05, 3.63) is 49.2 Å². The van der Waals surface area contributed by atoms with E-state index in [9.17, 15) is 19.2 Å². The van der Waals surface area contributed by atoms with Crippen molar-refractivity contribution in [2.45, 2.75) is 73.1 Å². The van der Waals surface area contributed by atoms with Gasteiger partial charge in [0.25, 0.3) is 0 Å². The SMILES string of the molecule is C=O.CC(=O)NCC(=O)N1CCCC1.CCC.CCC.CNc1cn2cc(-c3ccc(-c4cnc[nH]4)cc3)nc2s1.COC(=O)NCC(=O)N1CCCC1. The van der Waals surface area contributed by atoms with Crippen molar-refractivity contribution in [3.63, 3.8) is 0 Å². The van der Waals surface area contributed by atoms with Gasteiger partial charge in [0, 0.05) is 58.1 Å². The summed E-state index contributed by atoms with van der Waals surface area (Å²) in [6.07, 6.45) is 13.8. The number of methoxy groups -OCH3 is 1. The first-order valence-electron chi connectivity index (χ1n) is 18.3. The Morgan fingerprint density at radius 2 is 1.33 bits per heavy atom. The Morgan fingerprint density at radius 1 is 0.833 bits per heavy atom. The van der Waals surface area contributed by atoms with E-state index in [1.807, 2.05) is 20.0 Å². The van der Waals surface area contributed by atoms with Crippen LogP contribution in [0, 0.1) is 0 Å². The first kappa shape index (κ1) is 46.8. The first-order valence-corrected chi connectivity index (χ1v) is 19.1. The molecule has 298 valence electrons. The molecule has 4 N–H and O–H groups in total. The van der Waals surface area contributed by atoms with E-state index in [-0.39, 0.29) is 30.8 Å². The van der Waals surface area contributed by atoms with Crippen LogP contribution in [0.25, 0.3) is 27.5 Å². The number of fused-ring (bicyclic) bond motifs is 1. The second kappa shape index (κ2) is 27.4. The lowest BCUT2D eigenvalue weighted by Crippen LogP contribution is -2.38. The molecular weight excluding hydrogens is 711 g/mol. The fourth-order valence-electron chi connectivity index (χ4n) is 4.86. The summed E-state index contributed by atoms with van der Waals surface area (Å²) in [6, 6.07) is 8.33. The summed E-state index contributed by atoms with van der Waals surface area (Å²) in [6.45, 7) is 15.4. The standard InChI is InChI=1S/C15H13N5S.C8H14N2O3.C8H14N2O2.2C3H8.CH2O/c1-16-14-8-20-7-13(19-15(20)21-14)11-4-2-10(3-5-11)12-6-17-9-18-12;1-13-8(12)9-6-7(11)10-4-2-3-5-10;1-7(11)9-6-8(12)10-4-2-3-5-10;2*1-3-2;1-2/h2-9,16H,1H3,(H,17,18);2-6H2,1H3,(H,9,12);2-6H2,1H3,(H,9,11);2*3H2,1-2H3;1H2. The molecule has 0 atom stereocenters. The number of amides is 4. The molecule has 4 aromatic rings. The number of alkyl carbamates (subject to hydrolysis) is 1. The number of aromatic amines is 1. The number of imidazole rings is 2. The van der Waals surface area contributed by atoms with Crippen molar-refractivity contribution in [3.8, 4) is 22.5 Å². The second-order valence-electron chi connectivity index (χ2n) is 12.0. The van der Waals surface area contributed by atoms with Gasteiger partial charge in [0.2, 0.25) is 17.7 Å². The van der Waals surface area contributed by atoms with Gasteiger partial charge in [-0.05, 0) is 31.2 Å². The van der Waals surface area contributed by atoms with Crippen molar-refractivity contribution in [1.29, 1.82) is 0 Å². The molecule has 0 bridgehead atoms. The van der Waals surface area contributed by atoms with Crippen LogP contribution in [0.1, 0.15) is 73.1 Å². The molecule has 0 aliphatic carbocycles. The van der Waals surface area contributed by atoms with E-state index < -0.39 is 6.09 Å². The van der Waals surface area contributed by atoms with Gasteiger partial charge < -0.3 is 40.3 Å². The number of hydrogen-bond acceptors (Lipinski definition) is 10. The quantitative estimate of drug-likeness (QED) is 0.179. The van der Waals surface area contributed by atoms with Crippen molar-refractivity contribution in [2.75, 3.05) is 58.7 Å². The zero-order chi connectivity index (χ0) is 40.3. The Hall–Kier alpha value is -5.25. The zero-order valence-corrected chi connectivity index (χ0v) is 33.7. The van der Waals surface area contributed by atoms with Gasteiger partial charge in [-0.1, -0.05) is 76.1 Å². The number of nitrogens with one attached hydrogen (secondary N) is 4. The van der Waals surface area contributed by atoms with E-state index in [4.69, 9.17) is 4.79 Å². The number of ether oxygens (including phenoxy) is 1. The summed E-state index contributed by atoms with van der Waals surface area (Å²) in [7, 11) is 3.19. The smallest absolute Gasteiger partial charge is 0.407 e. The van der Waals surface area contributed by atoms with E-state index in [1.165, 1.54) is 26.9 Å². The number of likely N-dealkylation sites (tertiary alicyclic amines) is 2. The summed E-state index contributed by atoms with van der Waals surface area (Å²) in [5, 5.41) is 9.09. The van der Waals surface area contributed by atoms with Crippen LogP contribution < -0.4 is 16.0 Å². The molecule has 3 aromatic heterocycles. The molecule has 0 saturated carbocycles. The maximum atomic E-state index is 11.3. The van der Waals surface area contributed by atoms with Crippen LogP contribution in [0.5, 0.6) is 0 Å². The zero-order valence-electron chi connectivity index (χ0n) is 32.9. The molecule has 2 aliphatic rings. The fraction of sp³-hybridized carbons (Fsp3) is 0.500. The van der Waals surface area contributed by atoms with Crippen LogP contribution in [-0.4, -0.2) is 113 Å². The number of anilines is 1. The molecule has 0 spiro atoms. The molecule has 1 aromatic carbocycles. The topological polar surface area (TPSA) is 183 Å². The van der Waals surface area contributed by atoms with Gasteiger partial charge in [0.1, 0.15) is 18.3 Å². The Labute approximate surface area is 323 Å². The normalized spacial score (nSPS) is 12.4. The average molecular weight is 770 g/mol. The lowest BCUT2D eigenvalue weighted by Gasteiger charge is -2.14. The van der Waals surface area contributed by atoms with Gasteiger partial charge in [0.15, 0.2) is 4.96 Å². The molecule has 15 nitrogen and oxygen atoms in total. The third-order valence-corrected chi connectivity index (χ3v) is 8.38. The molecule has 54 heavy (non-hydrogen) atoms. The molecule has 6 rings (SSSR count). The maximum absolute atomic E-state index is 11.3. The number of carbonyl (C=O) groups excluding carboxylic acids is 5. The van der Waals surface area contributed by atoms with E-state index in [2.05, 4.69) is 104 Å². The van der Waals surface area contributed by atoms with E-state index in [0.717, 1.165) is 84.3 Å². The van der Waals surface area contributed by atoms with Crippen LogP contribution in [0.15, 0.2) is 49.2 Å². The van der Waals surface area contributed by atoms with Crippen molar-refractivity contribution >= 4 is 51.9 Å². The summed E-state index contributed by atoms with van der Waals surface area (Å²) >= 11 is 1.64. The van der Waals surface area contributed by atoms with Crippen LogP contribution >= 0.6 is 11.3 Å². The number of carbonyl (C=O) groups is 5. The number of thiazole rings is 1. The van der Waals surface area contributed by atoms with Crippen LogP contribution in [-0.2, 0) is 23.9 Å². The number of nitrogens with zero attached hydrogens (tertiary/aromatic N) is 5. The summed E-state index contributed by atoms with van der Waals surface area (Å²) in [5.74, 6) is -0.159. The largest absolute Gasteiger partial charge is 0.453 e. The Bertz CT molecular complexity index is 1590. The van der Waals surface area contributed by atoms with Gasteiger partial charge >= 0.3 is 6.09 Å². The molecule has 16 heteroatoms. The summed E-state index contributed by atoms with van der Waals surface area (Å²) in [4.78, 5) is 68.0. The van der Waals surface area contributed by atoms with Crippen LogP contribution in [0.2, 0.25) is 0 Å². The predicted octanol–water partition coefficient (Wildman–Crippen LogP) is 5.85. The van der Waals surface area contributed by atoms with Crippen molar-refractivity contribution in [1.82, 2.24) is 39.8 Å². The Balaban J connectivity index is 0.000000385. The van der Waals surface area contributed by atoms with Gasteiger partial charge in [-0.25, -0.2) is 14.8 Å². The highest BCUT2D eigenvalue weighted by Gasteiger charge is 2.18. The molecule has 4 amide bonds.